The van der Waals surface area contributed by atoms with Crippen molar-refractivity contribution >= 4 is 17.1 Å². The molecule has 31 heavy (non-hydrogen) atoms. The van der Waals surface area contributed by atoms with Crippen molar-refractivity contribution in [3.63, 3.8) is 0 Å². The molecule has 2 aliphatic rings. The molecule has 2 nitrogen and oxygen atoms in total. The Labute approximate surface area is 186 Å². The molecule has 0 unspecified atom stereocenters. The molecule has 0 aromatic heterocycles. The van der Waals surface area contributed by atoms with Crippen molar-refractivity contribution < 1.29 is 0 Å². The molecule has 158 valence electrons. The maximum Gasteiger partial charge on any atom is 0.0956 e. The number of aryl methyl sites for hydroxylation is 2. The molecule has 3 aromatic carbocycles. The molecule has 0 amide bonds. The Morgan fingerprint density at radius 1 is 0.613 bits per heavy atom. The van der Waals surface area contributed by atoms with Gasteiger partial charge >= 0.3 is 0 Å². The van der Waals surface area contributed by atoms with Crippen LogP contribution in [0, 0.1) is 13.8 Å². The van der Waals surface area contributed by atoms with E-state index in [0.717, 1.165) is 6.67 Å². The Bertz CT molecular complexity index is 1080. The van der Waals surface area contributed by atoms with Gasteiger partial charge in [-0.25, -0.2) is 0 Å². The van der Waals surface area contributed by atoms with Crippen LogP contribution in [0.15, 0.2) is 78.9 Å². The van der Waals surface area contributed by atoms with Crippen molar-refractivity contribution in [2.45, 2.75) is 52.0 Å². The molecule has 1 fully saturated rings. The summed E-state index contributed by atoms with van der Waals surface area (Å²) in [6, 6.07) is 29.3. The highest BCUT2D eigenvalue weighted by molar-refractivity contribution is 6.00. The minimum Gasteiger partial charge on any atom is -0.348 e. The van der Waals surface area contributed by atoms with E-state index >= 15 is 0 Å². The Balaban J connectivity index is 1.76. The van der Waals surface area contributed by atoms with E-state index in [1.807, 2.05) is 0 Å². The molecule has 0 atom stereocenters. The van der Waals surface area contributed by atoms with E-state index < -0.39 is 0 Å². The second kappa shape index (κ2) is 8.63. The third-order valence-electron chi connectivity index (χ3n) is 6.96. The van der Waals surface area contributed by atoms with Gasteiger partial charge in [-0.2, -0.15) is 0 Å². The molecule has 0 N–H and O–H groups in total. The summed E-state index contributed by atoms with van der Waals surface area (Å²) in [7, 11) is 0. The lowest BCUT2D eigenvalue weighted by Gasteiger charge is -2.35. The van der Waals surface area contributed by atoms with E-state index in [-0.39, 0.29) is 0 Å². The number of rotatable bonds is 4. The Morgan fingerprint density at radius 2 is 1.16 bits per heavy atom. The molecule has 0 saturated heterocycles. The first-order valence-corrected chi connectivity index (χ1v) is 11.7. The zero-order valence-electron chi connectivity index (χ0n) is 18.7. The van der Waals surface area contributed by atoms with Crippen LogP contribution < -0.4 is 4.90 Å². The SMILES string of the molecule is Cc1ccccc1C1=C(c2ccccc2C)N(C2CCCCC2)CN1c1ccccc1. The Morgan fingerprint density at radius 3 is 1.77 bits per heavy atom. The average molecular weight is 409 g/mol. The van der Waals surface area contributed by atoms with Crippen LogP contribution in [0.4, 0.5) is 5.69 Å². The van der Waals surface area contributed by atoms with Gasteiger partial charge in [0.25, 0.3) is 0 Å². The number of hydrogen-bond donors (Lipinski definition) is 0. The summed E-state index contributed by atoms with van der Waals surface area (Å²) in [4.78, 5) is 5.26. The number of benzene rings is 3. The largest absolute Gasteiger partial charge is 0.348 e. The van der Waals surface area contributed by atoms with Crippen LogP contribution in [0.1, 0.15) is 54.4 Å². The Kier molecular flexibility index (Phi) is 5.55. The van der Waals surface area contributed by atoms with Crippen molar-refractivity contribution in [1.82, 2.24) is 4.90 Å². The van der Waals surface area contributed by atoms with Gasteiger partial charge in [0.05, 0.1) is 18.1 Å². The predicted molar refractivity (Wildman–Crippen MR) is 132 cm³/mol. The van der Waals surface area contributed by atoms with Gasteiger partial charge in [-0.3, -0.25) is 0 Å². The molecule has 1 heterocycles. The monoisotopic (exact) mass is 408 g/mol. The maximum atomic E-state index is 2.72. The fourth-order valence-electron chi connectivity index (χ4n) is 5.30. The van der Waals surface area contributed by atoms with E-state index in [9.17, 15) is 0 Å². The number of para-hydroxylation sites is 1. The van der Waals surface area contributed by atoms with Crippen molar-refractivity contribution in [3.05, 3.63) is 101 Å². The molecule has 1 aliphatic heterocycles. The molecule has 2 heteroatoms. The topological polar surface area (TPSA) is 6.48 Å². The molecule has 1 saturated carbocycles. The van der Waals surface area contributed by atoms with Crippen LogP contribution in [-0.2, 0) is 0 Å². The first-order valence-electron chi connectivity index (χ1n) is 11.7. The smallest absolute Gasteiger partial charge is 0.0956 e. The summed E-state index contributed by atoms with van der Waals surface area (Å²) >= 11 is 0. The van der Waals surface area contributed by atoms with Crippen LogP contribution in [0.3, 0.4) is 0 Å². The summed E-state index contributed by atoms with van der Waals surface area (Å²) in [5.74, 6) is 0. The number of hydrogen-bond acceptors (Lipinski definition) is 2. The standard InChI is InChI=1S/C29H32N2/c1-22-13-9-11-19-26(22)28-29(27-20-12-10-14-23(27)2)31(25-17-7-4-8-18-25)21-30(28)24-15-5-3-6-16-24/h3,5-6,9-16,19-20,25H,4,7-8,17-18,21H2,1-2H3. The van der Waals surface area contributed by atoms with Gasteiger partial charge in [-0.15, -0.1) is 0 Å². The second-order valence-corrected chi connectivity index (χ2v) is 8.99. The summed E-state index contributed by atoms with van der Waals surface area (Å²) < 4.78 is 0. The van der Waals surface area contributed by atoms with Crippen LogP contribution in [0.25, 0.3) is 11.4 Å². The van der Waals surface area contributed by atoms with E-state index in [2.05, 4.69) is 103 Å². The van der Waals surface area contributed by atoms with E-state index in [0.29, 0.717) is 6.04 Å². The van der Waals surface area contributed by atoms with Gasteiger partial charge in [-0.05, 0) is 49.9 Å². The lowest BCUT2D eigenvalue weighted by atomic mass is 9.92. The van der Waals surface area contributed by atoms with Gasteiger partial charge in [0.15, 0.2) is 0 Å². The zero-order valence-corrected chi connectivity index (χ0v) is 18.7. The quantitative estimate of drug-likeness (QED) is 0.449. The predicted octanol–water partition coefficient (Wildman–Crippen LogP) is 7.24. The van der Waals surface area contributed by atoms with E-state index in [1.54, 1.807) is 0 Å². The van der Waals surface area contributed by atoms with Gasteiger partial charge in [0, 0.05) is 22.9 Å². The van der Waals surface area contributed by atoms with Crippen molar-refractivity contribution in [3.8, 4) is 0 Å². The normalized spacial score (nSPS) is 17.5. The fourth-order valence-corrected chi connectivity index (χ4v) is 5.30. The van der Waals surface area contributed by atoms with Crippen molar-refractivity contribution in [1.29, 1.82) is 0 Å². The lowest BCUT2D eigenvalue weighted by Crippen LogP contribution is -2.37. The highest BCUT2D eigenvalue weighted by Crippen LogP contribution is 2.44. The van der Waals surface area contributed by atoms with Crippen LogP contribution in [0.2, 0.25) is 0 Å². The molecule has 1 aliphatic carbocycles. The Hall–Kier alpha value is -3.00. The van der Waals surface area contributed by atoms with Crippen molar-refractivity contribution in [2.24, 2.45) is 0 Å². The first-order chi connectivity index (χ1) is 15.2. The molecule has 0 radical (unpaired) electrons. The van der Waals surface area contributed by atoms with Gasteiger partial charge < -0.3 is 9.80 Å². The first kappa shape index (κ1) is 19.9. The fraction of sp³-hybridized carbons (Fsp3) is 0.310. The number of nitrogens with zero attached hydrogens (tertiary/aromatic N) is 2. The second-order valence-electron chi connectivity index (χ2n) is 8.99. The highest BCUT2D eigenvalue weighted by Gasteiger charge is 2.36. The molecular formula is C29H32N2. The third kappa shape index (κ3) is 3.76. The minimum absolute atomic E-state index is 0.607. The van der Waals surface area contributed by atoms with E-state index in [1.165, 1.54) is 71.4 Å². The van der Waals surface area contributed by atoms with Gasteiger partial charge in [0.2, 0.25) is 0 Å². The van der Waals surface area contributed by atoms with Gasteiger partial charge in [0.1, 0.15) is 0 Å². The zero-order chi connectivity index (χ0) is 21.2. The number of anilines is 1. The molecule has 0 bridgehead atoms. The molecular weight excluding hydrogens is 376 g/mol. The third-order valence-corrected chi connectivity index (χ3v) is 6.96. The van der Waals surface area contributed by atoms with Crippen molar-refractivity contribution in [2.75, 3.05) is 11.6 Å². The minimum atomic E-state index is 0.607. The van der Waals surface area contributed by atoms with Crippen LogP contribution >= 0.6 is 0 Å². The average Bonchev–Trinajstić information content (AvgIpc) is 3.21. The summed E-state index contributed by atoms with van der Waals surface area (Å²) in [5, 5.41) is 0. The molecule has 3 aromatic rings. The molecule has 0 spiro atoms. The summed E-state index contributed by atoms with van der Waals surface area (Å²) in [5.41, 5.74) is 9.40. The summed E-state index contributed by atoms with van der Waals surface area (Å²) in [6.07, 6.45) is 6.64. The van der Waals surface area contributed by atoms with Crippen LogP contribution in [0.5, 0.6) is 0 Å². The highest BCUT2D eigenvalue weighted by atomic mass is 15.4. The summed E-state index contributed by atoms with van der Waals surface area (Å²) in [6.45, 7) is 5.41. The van der Waals surface area contributed by atoms with E-state index in [4.69, 9.17) is 0 Å². The lowest BCUT2D eigenvalue weighted by molar-refractivity contribution is 0.243. The maximum absolute atomic E-state index is 2.72. The van der Waals surface area contributed by atoms with Gasteiger partial charge in [-0.1, -0.05) is 86.0 Å². The van der Waals surface area contributed by atoms with Crippen LogP contribution in [-0.4, -0.2) is 17.6 Å². The molecule has 5 rings (SSSR count).